The minimum absolute atomic E-state index is 0.187. The van der Waals surface area contributed by atoms with Crippen molar-refractivity contribution >= 4 is 11.6 Å². The Morgan fingerprint density at radius 1 is 1.44 bits per heavy atom. The van der Waals surface area contributed by atoms with Gasteiger partial charge < -0.3 is 5.32 Å². The normalized spacial score (nSPS) is 10.7. The first-order chi connectivity index (χ1) is 7.42. The summed E-state index contributed by atoms with van der Waals surface area (Å²) in [7, 11) is 1.66. The second kappa shape index (κ2) is 4.79. The molecule has 0 spiro atoms. The molecule has 16 heavy (non-hydrogen) atoms. The van der Waals surface area contributed by atoms with Crippen LogP contribution in [-0.2, 0) is 0 Å². The monoisotopic (exact) mass is 219 g/mol. The molecule has 0 aliphatic rings. The van der Waals surface area contributed by atoms with Crippen LogP contribution < -0.4 is 10.2 Å². The predicted octanol–water partition coefficient (Wildman–Crippen LogP) is 1.85. The Bertz CT molecular complexity index is 388. The van der Waals surface area contributed by atoms with E-state index in [0.717, 1.165) is 12.4 Å². The van der Waals surface area contributed by atoms with Gasteiger partial charge in [0.15, 0.2) is 6.19 Å². The summed E-state index contributed by atoms with van der Waals surface area (Å²) in [6.45, 7) is 7.25. The van der Waals surface area contributed by atoms with Crippen molar-refractivity contribution in [2.45, 2.75) is 20.8 Å². The van der Waals surface area contributed by atoms with Crippen LogP contribution in [-0.4, -0.2) is 23.6 Å². The van der Waals surface area contributed by atoms with E-state index in [-0.39, 0.29) is 5.41 Å². The van der Waals surface area contributed by atoms with E-state index in [1.54, 1.807) is 13.1 Å². The highest BCUT2D eigenvalue weighted by molar-refractivity contribution is 5.50. The average molecular weight is 219 g/mol. The van der Waals surface area contributed by atoms with Crippen molar-refractivity contribution in [3.05, 3.63) is 12.4 Å². The summed E-state index contributed by atoms with van der Waals surface area (Å²) in [6.07, 6.45) is 3.45. The lowest BCUT2D eigenvalue weighted by molar-refractivity contribution is 0.442. The molecule has 0 amide bonds. The summed E-state index contributed by atoms with van der Waals surface area (Å²) in [5.74, 6) is 1.33. The van der Waals surface area contributed by atoms with E-state index in [1.165, 1.54) is 11.2 Å². The lowest BCUT2D eigenvalue weighted by Gasteiger charge is -2.19. The minimum Gasteiger partial charge on any atom is -0.369 e. The molecule has 0 fully saturated rings. The summed E-state index contributed by atoms with van der Waals surface area (Å²) in [5, 5.41) is 12.0. The van der Waals surface area contributed by atoms with Crippen LogP contribution in [0.1, 0.15) is 20.8 Å². The number of hydrogen-bond acceptors (Lipinski definition) is 5. The third kappa shape index (κ3) is 3.73. The van der Waals surface area contributed by atoms with Crippen LogP contribution in [0.3, 0.4) is 0 Å². The molecule has 86 valence electrons. The highest BCUT2D eigenvalue weighted by Gasteiger charge is 2.10. The van der Waals surface area contributed by atoms with Crippen LogP contribution in [0, 0.1) is 16.9 Å². The quantitative estimate of drug-likeness (QED) is 0.621. The molecule has 1 aromatic rings. The molecule has 0 radical (unpaired) electrons. The average Bonchev–Trinajstić information content (AvgIpc) is 2.25. The summed E-state index contributed by atoms with van der Waals surface area (Å²) >= 11 is 0. The Labute approximate surface area is 96.1 Å². The Morgan fingerprint density at radius 3 is 2.69 bits per heavy atom. The van der Waals surface area contributed by atoms with Crippen molar-refractivity contribution in [3.63, 3.8) is 0 Å². The van der Waals surface area contributed by atoms with E-state index < -0.39 is 0 Å². The summed E-state index contributed by atoms with van der Waals surface area (Å²) < 4.78 is 0. The van der Waals surface area contributed by atoms with Crippen LogP contribution in [0.2, 0.25) is 0 Å². The van der Waals surface area contributed by atoms with Gasteiger partial charge in [-0.2, -0.15) is 5.26 Å². The van der Waals surface area contributed by atoms with Gasteiger partial charge in [-0.05, 0) is 5.41 Å². The maximum Gasteiger partial charge on any atom is 0.185 e. The van der Waals surface area contributed by atoms with Crippen molar-refractivity contribution in [3.8, 4) is 6.19 Å². The molecule has 0 aliphatic carbocycles. The maximum atomic E-state index is 8.73. The fourth-order valence-electron chi connectivity index (χ4n) is 1.03. The van der Waals surface area contributed by atoms with Crippen LogP contribution in [0.15, 0.2) is 12.4 Å². The first-order valence-corrected chi connectivity index (χ1v) is 5.12. The number of nitriles is 1. The van der Waals surface area contributed by atoms with Crippen molar-refractivity contribution in [1.82, 2.24) is 9.97 Å². The fraction of sp³-hybridized carbons (Fsp3) is 0.545. The number of aromatic nitrogens is 2. The molecule has 1 N–H and O–H groups in total. The van der Waals surface area contributed by atoms with Gasteiger partial charge in [0.1, 0.15) is 18.0 Å². The molecule has 1 aromatic heterocycles. The lowest BCUT2D eigenvalue weighted by Crippen LogP contribution is -2.20. The van der Waals surface area contributed by atoms with Gasteiger partial charge in [-0.15, -0.1) is 0 Å². The van der Waals surface area contributed by atoms with E-state index in [9.17, 15) is 0 Å². The first-order valence-electron chi connectivity index (χ1n) is 5.12. The first kappa shape index (κ1) is 12.2. The Kier molecular flexibility index (Phi) is 3.67. The molecule has 1 rings (SSSR count). The lowest BCUT2D eigenvalue weighted by atomic mass is 9.97. The van der Waals surface area contributed by atoms with Crippen LogP contribution in [0.4, 0.5) is 11.6 Å². The standard InChI is InChI=1S/C11H17N5/c1-11(2,3)6-13-9-5-10(15-8-14-9)16(4)7-12/h5,8H,6H2,1-4H3,(H,13,14,15). The molecular weight excluding hydrogens is 202 g/mol. The maximum absolute atomic E-state index is 8.73. The Hall–Kier alpha value is -1.83. The smallest absolute Gasteiger partial charge is 0.185 e. The number of anilines is 2. The Morgan fingerprint density at radius 2 is 2.12 bits per heavy atom. The van der Waals surface area contributed by atoms with E-state index in [4.69, 9.17) is 5.26 Å². The van der Waals surface area contributed by atoms with Crippen molar-refractivity contribution in [1.29, 1.82) is 5.26 Å². The molecular formula is C11H17N5. The summed E-state index contributed by atoms with van der Waals surface area (Å²) in [6, 6.07) is 1.76. The zero-order chi connectivity index (χ0) is 12.2. The molecule has 0 saturated heterocycles. The van der Waals surface area contributed by atoms with E-state index >= 15 is 0 Å². The van der Waals surface area contributed by atoms with E-state index in [2.05, 4.69) is 36.1 Å². The molecule has 5 heteroatoms. The predicted molar refractivity (Wildman–Crippen MR) is 64.0 cm³/mol. The number of rotatable bonds is 3. The molecule has 0 atom stereocenters. The zero-order valence-corrected chi connectivity index (χ0v) is 10.2. The van der Waals surface area contributed by atoms with Gasteiger partial charge in [0, 0.05) is 19.7 Å². The second-order valence-electron chi connectivity index (χ2n) is 4.83. The topological polar surface area (TPSA) is 64.8 Å². The highest BCUT2D eigenvalue weighted by Crippen LogP contribution is 2.16. The van der Waals surface area contributed by atoms with Crippen LogP contribution in [0.5, 0.6) is 0 Å². The molecule has 0 aliphatic heterocycles. The highest BCUT2D eigenvalue weighted by atomic mass is 15.2. The van der Waals surface area contributed by atoms with Gasteiger partial charge in [-0.25, -0.2) is 9.97 Å². The molecule has 0 saturated carbocycles. The number of nitrogens with zero attached hydrogens (tertiary/aromatic N) is 4. The third-order valence-electron chi connectivity index (χ3n) is 1.95. The molecule has 0 bridgehead atoms. The number of hydrogen-bond donors (Lipinski definition) is 1. The van der Waals surface area contributed by atoms with Gasteiger partial charge >= 0.3 is 0 Å². The SMILES string of the molecule is CN(C#N)c1cc(NCC(C)(C)C)ncn1. The van der Waals surface area contributed by atoms with Crippen molar-refractivity contribution in [2.24, 2.45) is 5.41 Å². The molecule has 1 heterocycles. The molecule has 5 nitrogen and oxygen atoms in total. The largest absolute Gasteiger partial charge is 0.369 e. The fourth-order valence-corrected chi connectivity index (χ4v) is 1.03. The minimum atomic E-state index is 0.187. The third-order valence-corrected chi connectivity index (χ3v) is 1.95. The zero-order valence-electron chi connectivity index (χ0n) is 10.2. The van der Waals surface area contributed by atoms with Gasteiger partial charge in [-0.3, -0.25) is 4.90 Å². The van der Waals surface area contributed by atoms with Crippen molar-refractivity contribution < 1.29 is 0 Å². The van der Waals surface area contributed by atoms with Crippen molar-refractivity contribution in [2.75, 3.05) is 23.8 Å². The van der Waals surface area contributed by atoms with Gasteiger partial charge in [-0.1, -0.05) is 20.8 Å². The van der Waals surface area contributed by atoms with Gasteiger partial charge in [0.25, 0.3) is 0 Å². The summed E-state index contributed by atoms with van der Waals surface area (Å²) in [5.41, 5.74) is 0.187. The van der Waals surface area contributed by atoms with Gasteiger partial charge in [0.2, 0.25) is 0 Å². The molecule has 0 aromatic carbocycles. The van der Waals surface area contributed by atoms with Crippen LogP contribution in [0.25, 0.3) is 0 Å². The second-order valence-corrected chi connectivity index (χ2v) is 4.83. The van der Waals surface area contributed by atoms with Gasteiger partial charge in [0.05, 0.1) is 0 Å². The number of nitrogens with one attached hydrogen (secondary N) is 1. The van der Waals surface area contributed by atoms with Crippen LogP contribution >= 0.6 is 0 Å². The van der Waals surface area contributed by atoms with E-state index in [1.807, 2.05) is 6.19 Å². The Balaban J connectivity index is 2.72. The summed E-state index contributed by atoms with van der Waals surface area (Å²) in [4.78, 5) is 9.50. The van der Waals surface area contributed by atoms with E-state index in [0.29, 0.717) is 5.82 Å². The molecule has 0 unspecified atom stereocenters.